The first kappa shape index (κ1) is 12.1. The molecule has 0 aliphatic rings. The van der Waals surface area contributed by atoms with Gasteiger partial charge in [0.2, 0.25) is 0 Å². The van der Waals surface area contributed by atoms with E-state index >= 15 is 0 Å². The molecule has 0 amide bonds. The van der Waals surface area contributed by atoms with Gasteiger partial charge in [0.05, 0.1) is 11.0 Å². The molecule has 0 unspecified atom stereocenters. The van der Waals surface area contributed by atoms with Crippen molar-refractivity contribution in [2.75, 3.05) is 6.61 Å². The average molecular weight is 232 g/mol. The van der Waals surface area contributed by atoms with Crippen LogP contribution in [0.1, 0.15) is 32.0 Å². The third-order valence-electron chi connectivity index (χ3n) is 3.11. The van der Waals surface area contributed by atoms with Crippen LogP contribution < -0.4 is 0 Å². The van der Waals surface area contributed by atoms with Crippen LogP contribution in [0.15, 0.2) is 24.3 Å². The van der Waals surface area contributed by atoms with E-state index < -0.39 is 0 Å². The lowest BCUT2D eigenvalue weighted by molar-refractivity contribution is 0.283. The monoisotopic (exact) mass is 232 g/mol. The Morgan fingerprint density at radius 2 is 2.00 bits per heavy atom. The van der Waals surface area contributed by atoms with E-state index in [9.17, 15) is 0 Å². The van der Waals surface area contributed by atoms with Gasteiger partial charge in [0.15, 0.2) is 0 Å². The zero-order chi connectivity index (χ0) is 12.1. The van der Waals surface area contributed by atoms with Crippen molar-refractivity contribution < 1.29 is 5.11 Å². The first-order chi connectivity index (χ1) is 8.36. The van der Waals surface area contributed by atoms with Crippen molar-refractivity contribution in [2.24, 2.45) is 0 Å². The molecule has 0 atom stereocenters. The molecular formula is C14H20N2O. The second-order valence-corrected chi connectivity index (χ2v) is 4.30. The normalized spacial score (nSPS) is 11.2. The highest BCUT2D eigenvalue weighted by atomic mass is 16.2. The van der Waals surface area contributed by atoms with Crippen LogP contribution in [0.2, 0.25) is 0 Å². The lowest BCUT2D eigenvalue weighted by atomic mass is 10.2. The predicted molar refractivity (Wildman–Crippen MR) is 70.0 cm³/mol. The average Bonchev–Trinajstić information content (AvgIpc) is 2.72. The highest BCUT2D eigenvalue weighted by Gasteiger charge is 2.07. The van der Waals surface area contributed by atoms with E-state index in [2.05, 4.69) is 34.7 Å². The smallest absolute Gasteiger partial charge is 0.109 e. The molecule has 0 spiro atoms. The van der Waals surface area contributed by atoms with Crippen molar-refractivity contribution in [3.05, 3.63) is 30.1 Å². The zero-order valence-corrected chi connectivity index (χ0v) is 10.4. The van der Waals surface area contributed by atoms with E-state index in [1.807, 2.05) is 6.07 Å². The van der Waals surface area contributed by atoms with Gasteiger partial charge < -0.3 is 9.67 Å². The quantitative estimate of drug-likeness (QED) is 0.778. The molecule has 17 heavy (non-hydrogen) atoms. The van der Waals surface area contributed by atoms with Crippen molar-refractivity contribution in [1.82, 2.24) is 9.55 Å². The van der Waals surface area contributed by atoms with Gasteiger partial charge in [-0.15, -0.1) is 0 Å². The molecule has 2 aromatic rings. The maximum Gasteiger partial charge on any atom is 0.109 e. The fourth-order valence-electron chi connectivity index (χ4n) is 2.24. The van der Waals surface area contributed by atoms with E-state index in [0.29, 0.717) is 6.61 Å². The Morgan fingerprint density at radius 1 is 1.18 bits per heavy atom. The number of imidazole rings is 1. The van der Waals surface area contributed by atoms with Gasteiger partial charge in [0, 0.05) is 19.6 Å². The fraction of sp³-hybridized carbons (Fsp3) is 0.500. The van der Waals surface area contributed by atoms with Gasteiger partial charge in [-0.2, -0.15) is 0 Å². The second-order valence-electron chi connectivity index (χ2n) is 4.30. The van der Waals surface area contributed by atoms with Gasteiger partial charge in [-0.05, 0) is 31.9 Å². The minimum Gasteiger partial charge on any atom is -0.396 e. The summed E-state index contributed by atoms with van der Waals surface area (Å²) in [4.78, 5) is 4.68. The lowest BCUT2D eigenvalue weighted by Gasteiger charge is -2.05. The molecular weight excluding hydrogens is 212 g/mol. The van der Waals surface area contributed by atoms with E-state index in [1.54, 1.807) is 0 Å². The molecule has 1 N–H and O–H groups in total. The summed E-state index contributed by atoms with van der Waals surface area (Å²) in [7, 11) is 0. The first-order valence-corrected chi connectivity index (χ1v) is 6.41. The predicted octanol–water partition coefficient (Wildman–Crippen LogP) is 2.76. The first-order valence-electron chi connectivity index (χ1n) is 6.41. The molecule has 0 aliphatic carbocycles. The van der Waals surface area contributed by atoms with Crippen molar-refractivity contribution in [3.8, 4) is 0 Å². The topological polar surface area (TPSA) is 38.0 Å². The molecule has 1 aromatic heterocycles. The Bertz CT molecular complexity index is 476. The van der Waals surface area contributed by atoms with Gasteiger partial charge in [-0.1, -0.05) is 18.6 Å². The summed E-state index contributed by atoms with van der Waals surface area (Å²) in [5.74, 6) is 1.17. The number of benzene rings is 1. The highest BCUT2D eigenvalue weighted by molar-refractivity contribution is 5.75. The van der Waals surface area contributed by atoms with Crippen molar-refractivity contribution in [3.63, 3.8) is 0 Å². The maximum atomic E-state index is 8.76. The second kappa shape index (κ2) is 5.82. The summed E-state index contributed by atoms with van der Waals surface area (Å²) in [5, 5.41) is 8.76. The van der Waals surface area contributed by atoms with Gasteiger partial charge in [0.25, 0.3) is 0 Å². The molecule has 3 nitrogen and oxygen atoms in total. The molecule has 1 heterocycles. The summed E-state index contributed by atoms with van der Waals surface area (Å²) in [6.07, 6.45) is 4.07. The number of para-hydroxylation sites is 2. The largest absolute Gasteiger partial charge is 0.396 e. The van der Waals surface area contributed by atoms with Crippen LogP contribution in [0.4, 0.5) is 0 Å². The number of aromatic nitrogens is 2. The standard InChI is InChI=1S/C14H20N2O/c1-2-16-13-9-6-5-8-12(13)15-14(16)10-4-3-7-11-17/h5-6,8-9,17H,2-4,7,10-11H2,1H3. The number of hydrogen-bond donors (Lipinski definition) is 1. The Kier molecular flexibility index (Phi) is 4.15. The third kappa shape index (κ3) is 2.67. The molecule has 0 aliphatic heterocycles. The molecule has 1 aromatic carbocycles. The number of aliphatic hydroxyl groups excluding tert-OH is 1. The van der Waals surface area contributed by atoms with Crippen LogP contribution in [-0.2, 0) is 13.0 Å². The Balaban J connectivity index is 2.15. The summed E-state index contributed by atoms with van der Waals surface area (Å²) in [5.41, 5.74) is 2.32. The lowest BCUT2D eigenvalue weighted by Crippen LogP contribution is -2.02. The van der Waals surface area contributed by atoms with Crippen molar-refractivity contribution in [2.45, 2.75) is 39.2 Å². The van der Waals surface area contributed by atoms with Gasteiger partial charge in [0.1, 0.15) is 5.82 Å². The van der Waals surface area contributed by atoms with E-state index in [0.717, 1.165) is 37.7 Å². The van der Waals surface area contributed by atoms with E-state index in [1.165, 1.54) is 11.3 Å². The summed E-state index contributed by atoms with van der Waals surface area (Å²) in [6.45, 7) is 3.42. The van der Waals surface area contributed by atoms with E-state index in [4.69, 9.17) is 5.11 Å². The molecule has 0 fully saturated rings. The van der Waals surface area contributed by atoms with Crippen molar-refractivity contribution >= 4 is 11.0 Å². The van der Waals surface area contributed by atoms with Gasteiger partial charge >= 0.3 is 0 Å². The Hall–Kier alpha value is -1.35. The molecule has 0 radical (unpaired) electrons. The number of aryl methyl sites for hydroxylation is 2. The highest BCUT2D eigenvalue weighted by Crippen LogP contribution is 2.17. The summed E-state index contributed by atoms with van der Waals surface area (Å²) < 4.78 is 2.29. The fourth-order valence-corrected chi connectivity index (χ4v) is 2.24. The van der Waals surface area contributed by atoms with Crippen LogP contribution in [-0.4, -0.2) is 21.3 Å². The number of fused-ring (bicyclic) bond motifs is 1. The molecule has 0 saturated carbocycles. The number of unbranched alkanes of at least 4 members (excludes halogenated alkanes) is 2. The number of hydrogen-bond acceptors (Lipinski definition) is 2. The van der Waals surface area contributed by atoms with Crippen LogP contribution in [0, 0.1) is 0 Å². The van der Waals surface area contributed by atoms with Crippen LogP contribution in [0.3, 0.4) is 0 Å². The minimum absolute atomic E-state index is 0.296. The number of rotatable bonds is 6. The molecule has 0 saturated heterocycles. The van der Waals surface area contributed by atoms with Gasteiger partial charge in [-0.25, -0.2) is 4.98 Å². The number of aliphatic hydroxyl groups is 1. The van der Waals surface area contributed by atoms with Crippen LogP contribution in [0.25, 0.3) is 11.0 Å². The summed E-state index contributed by atoms with van der Waals surface area (Å²) >= 11 is 0. The van der Waals surface area contributed by atoms with Gasteiger partial charge in [-0.3, -0.25) is 0 Å². The maximum absolute atomic E-state index is 8.76. The summed E-state index contributed by atoms with van der Waals surface area (Å²) in [6, 6.07) is 8.29. The molecule has 0 bridgehead atoms. The molecule has 92 valence electrons. The third-order valence-corrected chi connectivity index (χ3v) is 3.11. The minimum atomic E-state index is 0.296. The van der Waals surface area contributed by atoms with Crippen molar-refractivity contribution in [1.29, 1.82) is 0 Å². The SMILES string of the molecule is CCn1c(CCCCCO)nc2ccccc21. The van der Waals surface area contributed by atoms with Crippen LogP contribution >= 0.6 is 0 Å². The zero-order valence-electron chi connectivity index (χ0n) is 10.4. The number of nitrogens with zero attached hydrogens (tertiary/aromatic N) is 2. The Morgan fingerprint density at radius 3 is 2.76 bits per heavy atom. The van der Waals surface area contributed by atoms with E-state index in [-0.39, 0.29) is 0 Å². The molecule has 2 rings (SSSR count). The molecule has 3 heteroatoms. The van der Waals surface area contributed by atoms with Crippen LogP contribution in [0.5, 0.6) is 0 Å². The Labute approximate surface area is 102 Å².